The number of rotatable bonds is 5. The number of amidine groups is 1. The van der Waals surface area contributed by atoms with E-state index in [2.05, 4.69) is 19.2 Å². The summed E-state index contributed by atoms with van der Waals surface area (Å²) in [5.41, 5.74) is 5.37. The van der Waals surface area contributed by atoms with E-state index in [-0.39, 0.29) is 23.1 Å². The van der Waals surface area contributed by atoms with E-state index in [4.69, 9.17) is 11.1 Å². The fourth-order valence-electron chi connectivity index (χ4n) is 1.48. The van der Waals surface area contributed by atoms with Gasteiger partial charge in [-0.05, 0) is 24.5 Å². The van der Waals surface area contributed by atoms with Crippen LogP contribution in [0.25, 0.3) is 0 Å². The van der Waals surface area contributed by atoms with Crippen molar-refractivity contribution in [1.82, 2.24) is 5.32 Å². The topological polar surface area (TPSA) is 79.0 Å². The Balaban J connectivity index is 2.15. The van der Waals surface area contributed by atoms with Gasteiger partial charge in [-0.25, -0.2) is 0 Å². The van der Waals surface area contributed by atoms with Crippen molar-refractivity contribution in [2.45, 2.75) is 33.1 Å². The molecule has 0 radical (unpaired) electrons. The molecule has 4 nitrogen and oxygen atoms in total. The van der Waals surface area contributed by atoms with Crippen LogP contribution in [-0.2, 0) is 4.79 Å². The van der Waals surface area contributed by atoms with Crippen LogP contribution in [-0.4, -0.2) is 11.7 Å². The average Bonchev–Trinajstić information content (AvgIpc) is 2.74. The zero-order chi connectivity index (χ0) is 11.5. The van der Waals surface area contributed by atoms with E-state index < -0.39 is 0 Å². The molecule has 1 atom stereocenters. The standard InChI is InChI=1S/C11H19N3O/c1-11(2)7-8(11)10(15)14-6-4-3-5-9(12)13/h4,6,8H,3,5,7H2,1-2H3,(H3,12,13)(H,14,15)/b6-4+. The Kier molecular flexibility index (Phi) is 3.50. The van der Waals surface area contributed by atoms with Crippen molar-refractivity contribution in [3.63, 3.8) is 0 Å². The molecular formula is C11H19N3O. The highest BCUT2D eigenvalue weighted by molar-refractivity contribution is 5.83. The summed E-state index contributed by atoms with van der Waals surface area (Å²) >= 11 is 0. The van der Waals surface area contributed by atoms with Crippen molar-refractivity contribution in [3.05, 3.63) is 12.3 Å². The molecule has 84 valence electrons. The lowest BCUT2D eigenvalue weighted by Gasteiger charge is -2.01. The number of amides is 1. The number of carbonyl (C=O) groups excluding carboxylic acids is 1. The van der Waals surface area contributed by atoms with Crippen molar-refractivity contribution in [2.24, 2.45) is 17.1 Å². The van der Waals surface area contributed by atoms with E-state index >= 15 is 0 Å². The van der Waals surface area contributed by atoms with Gasteiger partial charge >= 0.3 is 0 Å². The van der Waals surface area contributed by atoms with Crippen LogP contribution in [0.4, 0.5) is 0 Å². The maximum atomic E-state index is 11.5. The highest BCUT2D eigenvalue weighted by Gasteiger charge is 2.50. The molecule has 0 spiro atoms. The first-order valence-corrected chi connectivity index (χ1v) is 5.22. The Bertz CT molecular complexity index is 294. The Morgan fingerprint density at radius 1 is 1.67 bits per heavy atom. The quantitative estimate of drug-likeness (QED) is 0.472. The molecule has 4 heteroatoms. The van der Waals surface area contributed by atoms with Crippen LogP contribution in [0.3, 0.4) is 0 Å². The van der Waals surface area contributed by atoms with Crippen LogP contribution in [0.5, 0.6) is 0 Å². The van der Waals surface area contributed by atoms with E-state index in [1.165, 1.54) is 0 Å². The molecule has 1 unspecified atom stereocenters. The molecule has 0 aromatic rings. The minimum atomic E-state index is 0.0964. The molecule has 15 heavy (non-hydrogen) atoms. The fourth-order valence-corrected chi connectivity index (χ4v) is 1.48. The van der Waals surface area contributed by atoms with Gasteiger partial charge in [0.05, 0.1) is 5.84 Å². The summed E-state index contributed by atoms with van der Waals surface area (Å²) in [7, 11) is 0. The molecular weight excluding hydrogens is 190 g/mol. The van der Waals surface area contributed by atoms with E-state index in [1.807, 2.05) is 6.08 Å². The van der Waals surface area contributed by atoms with Gasteiger partial charge in [0.25, 0.3) is 0 Å². The van der Waals surface area contributed by atoms with Crippen LogP contribution in [0.2, 0.25) is 0 Å². The van der Waals surface area contributed by atoms with Crippen molar-refractivity contribution < 1.29 is 4.79 Å². The Hall–Kier alpha value is -1.32. The average molecular weight is 209 g/mol. The van der Waals surface area contributed by atoms with Crippen LogP contribution in [0, 0.1) is 16.7 Å². The molecule has 1 fully saturated rings. The molecule has 1 amide bonds. The summed E-state index contributed by atoms with van der Waals surface area (Å²) in [6.07, 6.45) is 5.69. The molecule has 1 aliphatic rings. The third-order valence-electron chi connectivity index (χ3n) is 2.75. The van der Waals surface area contributed by atoms with Crippen LogP contribution < -0.4 is 11.1 Å². The second-order valence-electron chi connectivity index (χ2n) is 4.72. The summed E-state index contributed by atoms with van der Waals surface area (Å²) in [6.45, 7) is 4.19. The van der Waals surface area contributed by atoms with Gasteiger partial charge in [0.2, 0.25) is 5.91 Å². The monoisotopic (exact) mass is 209 g/mol. The zero-order valence-corrected chi connectivity index (χ0v) is 9.34. The summed E-state index contributed by atoms with van der Waals surface area (Å²) < 4.78 is 0. The SMILES string of the molecule is CC1(C)CC1C(=O)N/C=C/CCC(=N)N. The van der Waals surface area contributed by atoms with Gasteiger partial charge in [-0.15, -0.1) is 0 Å². The van der Waals surface area contributed by atoms with E-state index in [0.717, 1.165) is 6.42 Å². The van der Waals surface area contributed by atoms with Crippen LogP contribution >= 0.6 is 0 Å². The Labute approximate surface area is 90.4 Å². The molecule has 1 rings (SSSR count). The number of nitrogens with one attached hydrogen (secondary N) is 2. The summed E-state index contributed by atoms with van der Waals surface area (Å²) in [5, 5.41) is 9.74. The lowest BCUT2D eigenvalue weighted by atomic mass is 10.1. The molecule has 4 N–H and O–H groups in total. The predicted molar refractivity (Wildman–Crippen MR) is 60.3 cm³/mol. The summed E-state index contributed by atoms with van der Waals surface area (Å²) in [6, 6.07) is 0. The Morgan fingerprint density at radius 3 is 2.73 bits per heavy atom. The normalized spacial score (nSPS) is 22.7. The van der Waals surface area contributed by atoms with E-state index in [0.29, 0.717) is 12.8 Å². The molecule has 0 aromatic carbocycles. The lowest BCUT2D eigenvalue weighted by Crippen LogP contribution is -2.21. The number of hydrogen-bond donors (Lipinski definition) is 3. The van der Waals surface area contributed by atoms with Crippen molar-refractivity contribution >= 4 is 11.7 Å². The van der Waals surface area contributed by atoms with Crippen LogP contribution in [0.1, 0.15) is 33.1 Å². The van der Waals surface area contributed by atoms with Crippen molar-refractivity contribution in [2.75, 3.05) is 0 Å². The zero-order valence-electron chi connectivity index (χ0n) is 9.34. The second-order valence-corrected chi connectivity index (χ2v) is 4.72. The highest BCUT2D eigenvalue weighted by Crippen LogP contribution is 2.51. The van der Waals surface area contributed by atoms with E-state index in [9.17, 15) is 4.79 Å². The first-order chi connectivity index (χ1) is 6.93. The van der Waals surface area contributed by atoms with E-state index in [1.54, 1.807) is 6.20 Å². The lowest BCUT2D eigenvalue weighted by molar-refractivity contribution is -0.122. The minimum absolute atomic E-state index is 0.0964. The van der Waals surface area contributed by atoms with Gasteiger partial charge in [0.15, 0.2) is 0 Å². The second kappa shape index (κ2) is 4.47. The molecule has 0 saturated heterocycles. The first kappa shape index (κ1) is 11.8. The number of nitrogens with two attached hydrogens (primary N) is 1. The summed E-state index contributed by atoms with van der Waals surface area (Å²) in [5.74, 6) is 0.434. The smallest absolute Gasteiger partial charge is 0.227 e. The molecule has 0 aromatic heterocycles. The number of carbonyl (C=O) groups is 1. The van der Waals surface area contributed by atoms with Gasteiger partial charge < -0.3 is 11.1 Å². The number of hydrogen-bond acceptors (Lipinski definition) is 2. The molecule has 0 heterocycles. The maximum Gasteiger partial charge on any atom is 0.227 e. The van der Waals surface area contributed by atoms with Gasteiger partial charge in [-0.3, -0.25) is 10.2 Å². The highest BCUT2D eigenvalue weighted by atomic mass is 16.2. The molecule has 0 aliphatic heterocycles. The Morgan fingerprint density at radius 2 is 2.27 bits per heavy atom. The van der Waals surface area contributed by atoms with Crippen molar-refractivity contribution in [3.8, 4) is 0 Å². The van der Waals surface area contributed by atoms with Gasteiger partial charge in [0, 0.05) is 12.3 Å². The fraction of sp³-hybridized carbons (Fsp3) is 0.636. The van der Waals surface area contributed by atoms with Crippen LogP contribution in [0.15, 0.2) is 12.3 Å². The largest absolute Gasteiger partial charge is 0.388 e. The molecule has 1 saturated carbocycles. The van der Waals surface area contributed by atoms with Gasteiger partial charge in [-0.2, -0.15) is 0 Å². The van der Waals surface area contributed by atoms with Crippen molar-refractivity contribution in [1.29, 1.82) is 5.41 Å². The predicted octanol–water partition coefficient (Wildman–Crippen LogP) is 1.38. The number of allylic oxidation sites excluding steroid dienone is 1. The maximum absolute atomic E-state index is 11.5. The minimum Gasteiger partial charge on any atom is -0.388 e. The molecule has 1 aliphatic carbocycles. The first-order valence-electron chi connectivity index (χ1n) is 5.22. The van der Waals surface area contributed by atoms with Gasteiger partial charge in [-0.1, -0.05) is 19.9 Å². The van der Waals surface area contributed by atoms with Gasteiger partial charge in [0.1, 0.15) is 0 Å². The molecule has 0 bridgehead atoms. The summed E-state index contributed by atoms with van der Waals surface area (Å²) in [4.78, 5) is 11.5. The third kappa shape index (κ3) is 3.73. The third-order valence-corrected chi connectivity index (χ3v) is 2.75.